The van der Waals surface area contributed by atoms with Gasteiger partial charge >= 0.3 is 0 Å². The van der Waals surface area contributed by atoms with E-state index in [1.165, 1.54) is 19.3 Å². The van der Waals surface area contributed by atoms with Crippen LogP contribution in [0.1, 0.15) is 55.3 Å². The summed E-state index contributed by atoms with van der Waals surface area (Å²) in [6, 6.07) is 3.50. The fraction of sp³-hybridized carbons (Fsp3) is 0.667. The van der Waals surface area contributed by atoms with E-state index in [0.717, 1.165) is 25.7 Å². The van der Waals surface area contributed by atoms with Crippen molar-refractivity contribution in [1.29, 1.82) is 0 Å². The number of hydrogen-bond donors (Lipinski definition) is 1. The third-order valence-electron chi connectivity index (χ3n) is 5.64. The highest BCUT2D eigenvalue weighted by Crippen LogP contribution is 2.26. The summed E-state index contributed by atoms with van der Waals surface area (Å²) in [7, 11) is 1.60. The molecule has 1 saturated carbocycles. The van der Waals surface area contributed by atoms with Gasteiger partial charge in [0.2, 0.25) is 11.8 Å². The number of likely N-dealkylation sites (tertiary alicyclic amines) is 1. The molecule has 0 unspecified atom stereocenters. The third-order valence-corrected chi connectivity index (χ3v) is 5.64. The minimum absolute atomic E-state index is 0.0648. The Kier molecular flexibility index (Phi) is 7.65. The van der Waals surface area contributed by atoms with Gasteiger partial charge in [0, 0.05) is 38.4 Å². The molecule has 0 spiro atoms. The summed E-state index contributed by atoms with van der Waals surface area (Å²) in [5.41, 5.74) is 0.430. The second-order valence-electron chi connectivity index (χ2n) is 7.61. The summed E-state index contributed by atoms with van der Waals surface area (Å²) in [4.78, 5) is 31.5. The van der Waals surface area contributed by atoms with E-state index in [4.69, 9.17) is 9.47 Å². The SMILES string of the molecule is COCCOc1ncccc1C(=O)NC1CCN(C(=O)C2CCCCC2)CC1. The van der Waals surface area contributed by atoms with Crippen molar-refractivity contribution in [2.75, 3.05) is 33.4 Å². The first-order valence-corrected chi connectivity index (χ1v) is 10.4. The van der Waals surface area contributed by atoms with E-state index in [1.54, 1.807) is 25.4 Å². The quantitative estimate of drug-likeness (QED) is 0.725. The normalized spacial score (nSPS) is 18.7. The van der Waals surface area contributed by atoms with Crippen molar-refractivity contribution in [2.45, 2.75) is 51.0 Å². The Morgan fingerprint density at radius 2 is 1.89 bits per heavy atom. The van der Waals surface area contributed by atoms with Gasteiger partial charge in [-0.2, -0.15) is 0 Å². The van der Waals surface area contributed by atoms with Crippen LogP contribution in [0.2, 0.25) is 0 Å². The molecule has 7 nitrogen and oxygen atoms in total. The molecule has 0 bridgehead atoms. The van der Waals surface area contributed by atoms with E-state index in [1.807, 2.05) is 4.90 Å². The van der Waals surface area contributed by atoms with Gasteiger partial charge < -0.3 is 19.7 Å². The smallest absolute Gasteiger partial charge is 0.256 e. The van der Waals surface area contributed by atoms with Crippen molar-refractivity contribution >= 4 is 11.8 Å². The number of hydrogen-bond acceptors (Lipinski definition) is 5. The Hall–Kier alpha value is -2.15. The number of nitrogens with one attached hydrogen (secondary N) is 1. The first kappa shape index (κ1) is 20.6. The van der Waals surface area contributed by atoms with Crippen LogP contribution in [0, 0.1) is 5.92 Å². The van der Waals surface area contributed by atoms with Crippen LogP contribution in [0.5, 0.6) is 5.88 Å². The van der Waals surface area contributed by atoms with E-state index < -0.39 is 0 Å². The van der Waals surface area contributed by atoms with Crippen LogP contribution in [0.25, 0.3) is 0 Å². The van der Waals surface area contributed by atoms with E-state index in [-0.39, 0.29) is 17.9 Å². The van der Waals surface area contributed by atoms with Gasteiger partial charge in [-0.3, -0.25) is 9.59 Å². The lowest BCUT2D eigenvalue weighted by atomic mass is 9.87. The second-order valence-corrected chi connectivity index (χ2v) is 7.61. The molecular formula is C21H31N3O4. The van der Waals surface area contributed by atoms with Gasteiger partial charge in [-0.15, -0.1) is 0 Å². The number of piperidine rings is 1. The molecule has 2 heterocycles. The molecule has 1 saturated heterocycles. The highest BCUT2D eigenvalue weighted by atomic mass is 16.5. The maximum Gasteiger partial charge on any atom is 0.256 e. The maximum atomic E-state index is 12.7. The van der Waals surface area contributed by atoms with Crippen molar-refractivity contribution in [1.82, 2.24) is 15.2 Å². The zero-order chi connectivity index (χ0) is 19.8. The molecule has 0 atom stereocenters. The first-order chi connectivity index (χ1) is 13.7. The zero-order valence-electron chi connectivity index (χ0n) is 16.7. The maximum absolute atomic E-state index is 12.7. The number of pyridine rings is 1. The van der Waals surface area contributed by atoms with Crippen LogP contribution in [0.3, 0.4) is 0 Å². The Balaban J connectivity index is 1.49. The van der Waals surface area contributed by atoms with Crippen molar-refractivity contribution < 1.29 is 19.1 Å². The fourth-order valence-corrected chi connectivity index (χ4v) is 4.02. The van der Waals surface area contributed by atoms with E-state index in [2.05, 4.69) is 10.3 Å². The van der Waals surface area contributed by atoms with E-state index in [0.29, 0.717) is 43.7 Å². The Labute approximate surface area is 166 Å². The number of carbonyl (C=O) groups is 2. The summed E-state index contributed by atoms with van der Waals surface area (Å²) >= 11 is 0. The highest BCUT2D eigenvalue weighted by Gasteiger charge is 2.30. The summed E-state index contributed by atoms with van der Waals surface area (Å²) in [5.74, 6) is 0.659. The van der Waals surface area contributed by atoms with Crippen molar-refractivity contribution in [3.63, 3.8) is 0 Å². The molecule has 2 amide bonds. The summed E-state index contributed by atoms with van der Waals surface area (Å²) in [5, 5.41) is 3.08. The molecule has 1 N–H and O–H groups in total. The number of amides is 2. The molecule has 1 aliphatic heterocycles. The van der Waals surface area contributed by atoms with Crippen LogP contribution in [0.15, 0.2) is 18.3 Å². The molecular weight excluding hydrogens is 358 g/mol. The summed E-state index contributed by atoms with van der Waals surface area (Å²) in [6.07, 6.45) is 8.82. The topological polar surface area (TPSA) is 80.8 Å². The molecule has 3 rings (SSSR count). The number of nitrogens with zero attached hydrogens (tertiary/aromatic N) is 2. The molecule has 7 heteroatoms. The first-order valence-electron chi connectivity index (χ1n) is 10.4. The van der Waals surface area contributed by atoms with Crippen LogP contribution in [0.4, 0.5) is 0 Å². The van der Waals surface area contributed by atoms with E-state index >= 15 is 0 Å². The molecule has 154 valence electrons. The van der Waals surface area contributed by atoms with Gasteiger partial charge in [-0.05, 0) is 37.8 Å². The lowest BCUT2D eigenvalue weighted by molar-refractivity contribution is -0.137. The molecule has 28 heavy (non-hydrogen) atoms. The molecule has 1 aliphatic carbocycles. The minimum Gasteiger partial charge on any atom is -0.475 e. The average molecular weight is 389 g/mol. The number of methoxy groups -OCH3 is 1. The van der Waals surface area contributed by atoms with Crippen LogP contribution in [-0.4, -0.2) is 61.2 Å². The number of aromatic nitrogens is 1. The van der Waals surface area contributed by atoms with Gasteiger partial charge in [0.05, 0.1) is 6.61 Å². The Morgan fingerprint density at radius 1 is 1.14 bits per heavy atom. The third kappa shape index (κ3) is 5.44. The summed E-state index contributed by atoms with van der Waals surface area (Å²) in [6.45, 7) is 2.20. The van der Waals surface area contributed by atoms with Gasteiger partial charge in [-0.25, -0.2) is 4.98 Å². The Morgan fingerprint density at radius 3 is 2.61 bits per heavy atom. The highest BCUT2D eigenvalue weighted by molar-refractivity contribution is 5.96. The lowest BCUT2D eigenvalue weighted by Crippen LogP contribution is -2.48. The standard InChI is InChI=1S/C21H31N3O4/c1-27-14-15-28-20-18(8-5-11-22-20)19(25)23-17-9-12-24(13-10-17)21(26)16-6-3-2-4-7-16/h5,8,11,16-17H,2-4,6-7,9-10,12-15H2,1H3,(H,23,25). The fourth-order valence-electron chi connectivity index (χ4n) is 4.02. The largest absolute Gasteiger partial charge is 0.475 e. The predicted octanol–water partition coefficient (Wildman–Crippen LogP) is 2.41. The van der Waals surface area contributed by atoms with Crippen molar-refractivity contribution in [3.05, 3.63) is 23.9 Å². The Bertz CT molecular complexity index is 653. The number of ether oxygens (including phenoxy) is 2. The molecule has 0 radical (unpaired) electrons. The van der Waals surface area contributed by atoms with E-state index in [9.17, 15) is 9.59 Å². The second kappa shape index (κ2) is 10.4. The van der Waals surface area contributed by atoms with Crippen molar-refractivity contribution in [2.24, 2.45) is 5.92 Å². The zero-order valence-corrected chi connectivity index (χ0v) is 16.7. The molecule has 1 aromatic heterocycles. The van der Waals surface area contributed by atoms with Gasteiger partial charge in [0.25, 0.3) is 5.91 Å². The van der Waals surface area contributed by atoms with Gasteiger partial charge in [0.15, 0.2) is 0 Å². The monoisotopic (exact) mass is 389 g/mol. The van der Waals surface area contributed by atoms with Crippen LogP contribution >= 0.6 is 0 Å². The van der Waals surface area contributed by atoms with Crippen LogP contribution in [-0.2, 0) is 9.53 Å². The van der Waals surface area contributed by atoms with Gasteiger partial charge in [0.1, 0.15) is 12.2 Å². The average Bonchev–Trinajstić information content (AvgIpc) is 2.75. The van der Waals surface area contributed by atoms with Crippen LogP contribution < -0.4 is 10.1 Å². The molecule has 0 aromatic carbocycles. The lowest BCUT2D eigenvalue weighted by Gasteiger charge is -2.35. The molecule has 1 aromatic rings. The number of rotatable bonds is 7. The predicted molar refractivity (Wildman–Crippen MR) is 105 cm³/mol. The van der Waals surface area contributed by atoms with Crippen molar-refractivity contribution in [3.8, 4) is 5.88 Å². The molecule has 2 aliphatic rings. The minimum atomic E-state index is -0.183. The number of carbonyl (C=O) groups excluding carboxylic acids is 2. The summed E-state index contributed by atoms with van der Waals surface area (Å²) < 4.78 is 10.5. The van der Waals surface area contributed by atoms with Gasteiger partial charge in [-0.1, -0.05) is 19.3 Å². The molecule has 2 fully saturated rings.